The number of carbonyl (C=O) groups excluding carboxylic acids is 1. The normalized spacial score (nSPS) is 10.4. The molecule has 0 aliphatic heterocycles. The average Bonchev–Trinajstić information content (AvgIpc) is 2.43. The number of carbonyl (C=O) groups is 1. The molecule has 0 saturated carbocycles. The van der Waals surface area contributed by atoms with Crippen LogP contribution < -0.4 is 4.90 Å². The highest BCUT2D eigenvalue weighted by molar-refractivity contribution is 6.06. The number of anilines is 1. The molecule has 0 N–H and O–H groups in total. The lowest BCUT2D eigenvalue weighted by Gasteiger charge is -2.21. The van der Waals surface area contributed by atoms with E-state index in [9.17, 15) is 18.0 Å². The zero-order chi connectivity index (χ0) is 14.7. The van der Waals surface area contributed by atoms with Crippen LogP contribution in [0.1, 0.15) is 17.3 Å². The fraction of sp³-hybridized carbons (Fsp3) is 0.133. The molecule has 1 amide bonds. The van der Waals surface area contributed by atoms with E-state index in [1.54, 1.807) is 6.92 Å². The van der Waals surface area contributed by atoms with Crippen molar-refractivity contribution in [2.75, 3.05) is 11.4 Å². The molecule has 0 radical (unpaired) electrons. The number of nitrogens with zero attached hydrogens (tertiary/aromatic N) is 1. The lowest BCUT2D eigenvalue weighted by molar-refractivity contribution is 0.0988. The Morgan fingerprint density at radius 3 is 2.40 bits per heavy atom. The monoisotopic (exact) mass is 279 g/mol. The van der Waals surface area contributed by atoms with E-state index in [2.05, 4.69) is 0 Å². The third-order valence-corrected chi connectivity index (χ3v) is 2.85. The van der Waals surface area contributed by atoms with Crippen LogP contribution in [0.2, 0.25) is 0 Å². The molecule has 0 bridgehead atoms. The molecule has 0 atom stereocenters. The highest BCUT2D eigenvalue weighted by Gasteiger charge is 2.17. The minimum absolute atomic E-state index is 0.150. The second kappa shape index (κ2) is 5.77. The molecule has 2 aromatic carbocycles. The summed E-state index contributed by atoms with van der Waals surface area (Å²) in [7, 11) is 0. The number of rotatable bonds is 3. The molecule has 0 aromatic heterocycles. The Labute approximate surface area is 114 Å². The van der Waals surface area contributed by atoms with Gasteiger partial charge >= 0.3 is 0 Å². The van der Waals surface area contributed by atoms with Crippen molar-refractivity contribution in [2.24, 2.45) is 0 Å². The maximum Gasteiger partial charge on any atom is 0.258 e. The molecule has 2 rings (SSSR count). The van der Waals surface area contributed by atoms with Gasteiger partial charge in [-0.05, 0) is 37.3 Å². The number of hydrogen-bond donors (Lipinski definition) is 0. The Morgan fingerprint density at radius 2 is 1.80 bits per heavy atom. The summed E-state index contributed by atoms with van der Waals surface area (Å²) in [6.45, 7) is 1.94. The van der Waals surface area contributed by atoms with E-state index in [0.29, 0.717) is 0 Å². The molecule has 5 heteroatoms. The minimum Gasteiger partial charge on any atom is -0.309 e. The van der Waals surface area contributed by atoms with Crippen LogP contribution in [-0.2, 0) is 0 Å². The first-order chi connectivity index (χ1) is 9.52. The van der Waals surface area contributed by atoms with Crippen LogP contribution in [0.15, 0.2) is 42.5 Å². The van der Waals surface area contributed by atoms with Crippen molar-refractivity contribution in [3.8, 4) is 0 Å². The SMILES string of the molecule is CCN(C(=O)c1cccc(F)c1)c1ccc(F)c(F)c1. The predicted molar refractivity (Wildman–Crippen MR) is 70.1 cm³/mol. The smallest absolute Gasteiger partial charge is 0.258 e. The van der Waals surface area contributed by atoms with Crippen LogP contribution in [0.3, 0.4) is 0 Å². The highest BCUT2D eigenvalue weighted by Crippen LogP contribution is 2.20. The lowest BCUT2D eigenvalue weighted by atomic mass is 10.1. The summed E-state index contributed by atoms with van der Waals surface area (Å²) in [6.07, 6.45) is 0. The van der Waals surface area contributed by atoms with Gasteiger partial charge in [0, 0.05) is 23.9 Å². The Balaban J connectivity index is 2.36. The summed E-state index contributed by atoms with van der Waals surface area (Å²) in [5.74, 6) is -3.02. The summed E-state index contributed by atoms with van der Waals surface area (Å²) in [6, 6.07) is 8.41. The molecule has 0 fully saturated rings. The molecule has 2 nitrogen and oxygen atoms in total. The van der Waals surface area contributed by atoms with E-state index in [1.165, 1.54) is 29.2 Å². The Kier molecular flexibility index (Phi) is 4.08. The maximum absolute atomic E-state index is 13.2. The molecular weight excluding hydrogens is 267 g/mol. The Hall–Kier alpha value is -2.30. The summed E-state index contributed by atoms with van der Waals surface area (Å²) in [5.41, 5.74) is 0.372. The van der Waals surface area contributed by atoms with E-state index < -0.39 is 23.4 Å². The molecule has 0 aliphatic rings. The van der Waals surface area contributed by atoms with E-state index in [-0.39, 0.29) is 17.8 Å². The van der Waals surface area contributed by atoms with Gasteiger partial charge in [-0.2, -0.15) is 0 Å². The van der Waals surface area contributed by atoms with Gasteiger partial charge < -0.3 is 4.90 Å². The van der Waals surface area contributed by atoms with Crippen molar-refractivity contribution in [1.29, 1.82) is 0 Å². The van der Waals surface area contributed by atoms with Gasteiger partial charge in [0.05, 0.1) is 0 Å². The van der Waals surface area contributed by atoms with Gasteiger partial charge in [-0.25, -0.2) is 13.2 Å². The van der Waals surface area contributed by atoms with Gasteiger partial charge in [0.1, 0.15) is 5.82 Å². The van der Waals surface area contributed by atoms with Crippen molar-refractivity contribution >= 4 is 11.6 Å². The van der Waals surface area contributed by atoms with E-state index in [0.717, 1.165) is 18.2 Å². The van der Waals surface area contributed by atoms with Gasteiger partial charge in [-0.15, -0.1) is 0 Å². The van der Waals surface area contributed by atoms with Crippen molar-refractivity contribution in [2.45, 2.75) is 6.92 Å². The zero-order valence-corrected chi connectivity index (χ0v) is 10.7. The summed E-state index contributed by atoms with van der Waals surface area (Å²) in [4.78, 5) is 13.5. The summed E-state index contributed by atoms with van der Waals surface area (Å²) >= 11 is 0. The average molecular weight is 279 g/mol. The van der Waals surface area contributed by atoms with Crippen LogP contribution in [0, 0.1) is 17.5 Å². The van der Waals surface area contributed by atoms with Crippen LogP contribution >= 0.6 is 0 Å². The van der Waals surface area contributed by atoms with Gasteiger partial charge in [0.15, 0.2) is 11.6 Å². The molecular formula is C15H12F3NO. The highest BCUT2D eigenvalue weighted by atomic mass is 19.2. The first-order valence-electron chi connectivity index (χ1n) is 6.05. The van der Waals surface area contributed by atoms with E-state index in [4.69, 9.17) is 0 Å². The van der Waals surface area contributed by atoms with Crippen LogP contribution in [0.4, 0.5) is 18.9 Å². The maximum atomic E-state index is 13.2. The molecule has 0 unspecified atom stereocenters. The van der Waals surface area contributed by atoms with Gasteiger partial charge in [0.25, 0.3) is 5.91 Å². The standard InChI is InChI=1S/C15H12F3NO/c1-2-19(12-6-7-13(17)14(18)9-12)15(20)10-4-3-5-11(16)8-10/h3-9H,2H2,1H3. The number of benzene rings is 2. The van der Waals surface area contributed by atoms with Gasteiger partial charge in [-0.1, -0.05) is 6.07 Å². The van der Waals surface area contributed by atoms with E-state index in [1.807, 2.05) is 0 Å². The molecule has 2 aromatic rings. The van der Waals surface area contributed by atoms with Gasteiger partial charge in [0.2, 0.25) is 0 Å². The second-order valence-corrected chi connectivity index (χ2v) is 4.16. The summed E-state index contributed by atoms with van der Waals surface area (Å²) in [5, 5.41) is 0. The zero-order valence-electron chi connectivity index (χ0n) is 10.7. The quantitative estimate of drug-likeness (QED) is 0.837. The fourth-order valence-electron chi connectivity index (χ4n) is 1.87. The van der Waals surface area contributed by atoms with Crippen LogP contribution in [0.5, 0.6) is 0 Å². The van der Waals surface area contributed by atoms with Crippen LogP contribution in [-0.4, -0.2) is 12.5 Å². The van der Waals surface area contributed by atoms with Gasteiger partial charge in [-0.3, -0.25) is 4.79 Å². The van der Waals surface area contributed by atoms with Crippen molar-refractivity contribution in [1.82, 2.24) is 0 Å². The van der Waals surface area contributed by atoms with Crippen molar-refractivity contribution in [3.05, 3.63) is 65.5 Å². The third kappa shape index (κ3) is 2.82. The van der Waals surface area contributed by atoms with E-state index >= 15 is 0 Å². The topological polar surface area (TPSA) is 20.3 Å². The molecule has 20 heavy (non-hydrogen) atoms. The number of halogens is 3. The van der Waals surface area contributed by atoms with Crippen molar-refractivity contribution in [3.63, 3.8) is 0 Å². The van der Waals surface area contributed by atoms with Crippen LogP contribution in [0.25, 0.3) is 0 Å². The third-order valence-electron chi connectivity index (χ3n) is 2.85. The first-order valence-corrected chi connectivity index (χ1v) is 6.05. The first kappa shape index (κ1) is 14.1. The Bertz CT molecular complexity index is 643. The Morgan fingerprint density at radius 1 is 1.05 bits per heavy atom. The second-order valence-electron chi connectivity index (χ2n) is 4.16. The molecule has 104 valence electrons. The minimum atomic E-state index is -1.03. The largest absolute Gasteiger partial charge is 0.309 e. The summed E-state index contributed by atoms with van der Waals surface area (Å²) < 4.78 is 39.3. The molecule has 0 spiro atoms. The molecule has 0 heterocycles. The molecule has 0 saturated heterocycles. The fourth-order valence-corrected chi connectivity index (χ4v) is 1.87. The number of amides is 1. The predicted octanol–water partition coefficient (Wildman–Crippen LogP) is 3.77. The van der Waals surface area contributed by atoms with Crippen molar-refractivity contribution < 1.29 is 18.0 Å². The lowest BCUT2D eigenvalue weighted by Crippen LogP contribution is -2.30. The number of hydrogen-bond acceptors (Lipinski definition) is 1. The molecule has 0 aliphatic carbocycles.